The van der Waals surface area contributed by atoms with Gasteiger partial charge in [0.15, 0.2) is 0 Å². The van der Waals surface area contributed by atoms with Crippen molar-refractivity contribution >= 4 is 34.9 Å². The fourth-order valence-corrected chi connectivity index (χ4v) is 2.08. The number of urea groups is 1. The number of benzene rings is 2. The number of carbonyl (C=O) groups excluding carboxylic acids is 2. The van der Waals surface area contributed by atoms with Crippen LogP contribution in [0.4, 0.5) is 29.3 Å². The summed E-state index contributed by atoms with van der Waals surface area (Å²) in [6, 6.07) is 10.8. The second kappa shape index (κ2) is 7.89. The second-order valence-electron chi connectivity index (χ2n) is 4.91. The van der Waals surface area contributed by atoms with Crippen LogP contribution in [0.15, 0.2) is 48.5 Å². The van der Waals surface area contributed by atoms with Gasteiger partial charge in [-0.1, -0.05) is 29.8 Å². The highest BCUT2D eigenvalue weighted by molar-refractivity contribution is 6.30. The van der Waals surface area contributed by atoms with E-state index in [2.05, 4.69) is 16.0 Å². The fourth-order valence-electron chi connectivity index (χ4n) is 1.91. The molecule has 0 unspecified atom stereocenters. The smallest absolute Gasteiger partial charge is 0.329 e. The summed E-state index contributed by atoms with van der Waals surface area (Å²) < 4.78 is 38.8. The molecular weight excluding hydrogens is 359 g/mol. The first-order valence-corrected chi connectivity index (χ1v) is 7.40. The molecule has 0 spiro atoms. The summed E-state index contributed by atoms with van der Waals surface area (Å²) >= 11 is 5.56. The summed E-state index contributed by atoms with van der Waals surface area (Å²) in [6.07, 6.45) is -4.67. The monoisotopic (exact) mass is 371 g/mol. The zero-order valence-corrected chi connectivity index (χ0v) is 13.4. The van der Waals surface area contributed by atoms with Crippen molar-refractivity contribution < 1.29 is 22.8 Å². The molecular formula is C16H13ClF3N3O2. The molecule has 0 aliphatic rings. The van der Waals surface area contributed by atoms with E-state index in [-0.39, 0.29) is 5.02 Å². The quantitative estimate of drug-likeness (QED) is 0.756. The maximum Gasteiger partial charge on any atom is 0.418 e. The van der Waals surface area contributed by atoms with Gasteiger partial charge >= 0.3 is 12.2 Å². The van der Waals surface area contributed by atoms with E-state index in [1.165, 1.54) is 6.07 Å². The number of carbonyl (C=O) groups is 2. The molecule has 0 bridgehead atoms. The first-order valence-electron chi connectivity index (χ1n) is 7.02. The lowest BCUT2D eigenvalue weighted by atomic mass is 10.1. The van der Waals surface area contributed by atoms with Crippen molar-refractivity contribution in [1.29, 1.82) is 0 Å². The largest absolute Gasteiger partial charge is 0.418 e. The van der Waals surface area contributed by atoms with Gasteiger partial charge in [0.2, 0.25) is 5.91 Å². The third kappa shape index (κ3) is 5.68. The van der Waals surface area contributed by atoms with Gasteiger partial charge < -0.3 is 16.0 Å². The Hall–Kier alpha value is -2.74. The van der Waals surface area contributed by atoms with Gasteiger partial charge in [-0.3, -0.25) is 4.79 Å². The minimum atomic E-state index is -4.67. The highest BCUT2D eigenvalue weighted by atomic mass is 35.5. The van der Waals surface area contributed by atoms with Crippen LogP contribution in [0.3, 0.4) is 0 Å². The van der Waals surface area contributed by atoms with Gasteiger partial charge in [0.25, 0.3) is 0 Å². The number of alkyl halides is 3. The first kappa shape index (κ1) is 18.6. The lowest BCUT2D eigenvalue weighted by Crippen LogP contribution is -2.36. The van der Waals surface area contributed by atoms with Gasteiger partial charge in [-0.2, -0.15) is 13.2 Å². The van der Waals surface area contributed by atoms with Gasteiger partial charge in [-0.25, -0.2) is 4.79 Å². The SMILES string of the molecule is O=C(CNC(=O)Nc1ccccc1)Nc1ccc(Cl)cc1C(F)(F)F. The van der Waals surface area contributed by atoms with Crippen molar-refractivity contribution in [3.8, 4) is 0 Å². The van der Waals surface area contributed by atoms with Crippen LogP contribution in [-0.4, -0.2) is 18.5 Å². The van der Waals surface area contributed by atoms with Crippen LogP contribution >= 0.6 is 11.6 Å². The van der Waals surface area contributed by atoms with Crippen molar-refractivity contribution in [2.45, 2.75) is 6.18 Å². The van der Waals surface area contributed by atoms with Crippen LogP contribution in [-0.2, 0) is 11.0 Å². The minimum Gasteiger partial charge on any atom is -0.329 e. The Morgan fingerprint density at radius 1 is 1.00 bits per heavy atom. The Balaban J connectivity index is 1.93. The standard InChI is InChI=1S/C16H13ClF3N3O2/c17-10-6-7-13(12(8-10)16(18,19)20)23-14(24)9-21-15(25)22-11-4-2-1-3-5-11/h1-8H,9H2,(H,23,24)(H2,21,22,25). The van der Waals surface area contributed by atoms with E-state index < -0.39 is 35.9 Å². The Morgan fingerprint density at radius 2 is 1.68 bits per heavy atom. The molecule has 2 aromatic carbocycles. The average molecular weight is 372 g/mol. The molecule has 0 aromatic heterocycles. The Kier molecular flexibility index (Phi) is 5.87. The predicted octanol–water partition coefficient (Wildman–Crippen LogP) is 4.12. The molecule has 0 radical (unpaired) electrons. The van der Waals surface area contributed by atoms with Gasteiger partial charge in [0.05, 0.1) is 17.8 Å². The lowest BCUT2D eigenvalue weighted by molar-refractivity contribution is -0.137. The molecule has 0 saturated heterocycles. The number of anilines is 2. The minimum absolute atomic E-state index is 0.106. The molecule has 0 atom stereocenters. The molecule has 25 heavy (non-hydrogen) atoms. The summed E-state index contributed by atoms with van der Waals surface area (Å²) in [5, 5.41) is 6.73. The van der Waals surface area contributed by atoms with Crippen LogP contribution in [0.25, 0.3) is 0 Å². The van der Waals surface area contributed by atoms with Crippen molar-refractivity contribution in [3.63, 3.8) is 0 Å². The van der Waals surface area contributed by atoms with Gasteiger partial charge in [-0.05, 0) is 30.3 Å². The summed E-state index contributed by atoms with van der Waals surface area (Å²) in [4.78, 5) is 23.4. The molecule has 0 fully saturated rings. The van der Waals surface area contributed by atoms with Gasteiger partial charge in [0, 0.05) is 10.7 Å². The second-order valence-corrected chi connectivity index (χ2v) is 5.35. The zero-order chi connectivity index (χ0) is 18.4. The van der Waals surface area contributed by atoms with Crippen LogP contribution in [0.1, 0.15) is 5.56 Å². The van der Waals surface area contributed by atoms with Crippen molar-refractivity contribution in [3.05, 3.63) is 59.1 Å². The van der Waals surface area contributed by atoms with E-state index in [9.17, 15) is 22.8 Å². The molecule has 3 amide bonds. The van der Waals surface area contributed by atoms with Crippen molar-refractivity contribution in [1.82, 2.24) is 5.32 Å². The number of hydrogen-bond acceptors (Lipinski definition) is 2. The Morgan fingerprint density at radius 3 is 2.32 bits per heavy atom. The topological polar surface area (TPSA) is 70.2 Å². The number of nitrogens with one attached hydrogen (secondary N) is 3. The van der Waals surface area contributed by atoms with E-state index >= 15 is 0 Å². The fraction of sp³-hybridized carbons (Fsp3) is 0.125. The number of halogens is 4. The lowest BCUT2D eigenvalue weighted by Gasteiger charge is -2.14. The molecule has 132 valence electrons. The third-order valence-corrected chi connectivity index (χ3v) is 3.24. The van der Waals surface area contributed by atoms with Gasteiger partial charge in [0.1, 0.15) is 0 Å². The molecule has 5 nitrogen and oxygen atoms in total. The molecule has 0 saturated carbocycles. The molecule has 9 heteroatoms. The summed E-state index contributed by atoms with van der Waals surface area (Å²) in [6.45, 7) is -0.501. The van der Waals surface area contributed by atoms with Crippen molar-refractivity contribution in [2.24, 2.45) is 0 Å². The normalized spacial score (nSPS) is 10.9. The van der Waals surface area contributed by atoms with Gasteiger partial charge in [-0.15, -0.1) is 0 Å². The highest BCUT2D eigenvalue weighted by Gasteiger charge is 2.34. The number of amides is 3. The summed E-state index contributed by atoms with van der Waals surface area (Å²) in [5.74, 6) is -0.809. The molecule has 0 heterocycles. The highest BCUT2D eigenvalue weighted by Crippen LogP contribution is 2.36. The Bertz CT molecular complexity index is 767. The number of hydrogen-bond donors (Lipinski definition) is 3. The van der Waals surface area contributed by atoms with Crippen LogP contribution in [0.5, 0.6) is 0 Å². The van der Waals surface area contributed by atoms with E-state index in [0.717, 1.165) is 6.07 Å². The molecule has 2 rings (SSSR count). The molecule has 0 aliphatic carbocycles. The molecule has 2 aromatic rings. The van der Waals surface area contributed by atoms with Crippen molar-refractivity contribution in [2.75, 3.05) is 17.2 Å². The number of para-hydroxylation sites is 1. The molecule has 3 N–H and O–H groups in total. The van der Waals surface area contributed by atoms with E-state index in [1.54, 1.807) is 30.3 Å². The van der Waals surface area contributed by atoms with Crippen LogP contribution in [0, 0.1) is 0 Å². The zero-order valence-electron chi connectivity index (χ0n) is 12.7. The maximum atomic E-state index is 12.9. The predicted molar refractivity (Wildman–Crippen MR) is 88.5 cm³/mol. The van der Waals surface area contributed by atoms with E-state index in [1.807, 2.05) is 0 Å². The van der Waals surface area contributed by atoms with E-state index in [0.29, 0.717) is 11.8 Å². The Labute approximate surface area is 146 Å². The van der Waals surface area contributed by atoms with Crippen LogP contribution in [0.2, 0.25) is 5.02 Å². The summed E-state index contributed by atoms with van der Waals surface area (Å²) in [7, 11) is 0. The van der Waals surface area contributed by atoms with E-state index in [4.69, 9.17) is 11.6 Å². The van der Waals surface area contributed by atoms with Crippen LogP contribution < -0.4 is 16.0 Å². The number of rotatable bonds is 4. The molecule has 0 aliphatic heterocycles. The maximum absolute atomic E-state index is 12.9. The first-order chi connectivity index (χ1) is 11.8. The average Bonchev–Trinajstić information content (AvgIpc) is 2.54. The third-order valence-electron chi connectivity index (χ3n) is 3.00. The summed E-state index contributed by atoms with van der Waals surface area (Å²) in [5.41, 5.74) is -0.994.